The highest BCUT2D eigenvalue weighted by atomic mass is 32.1. The number of carboxylic acid groups (broad SMARTS) is 1. The zero-order chi connectivity index (χ0) is 17.0. The Morgan fingerprint density at radius 3 is 2.43 bits per heavy atom. The fourth-order valence-corrected chi connectivity index (χ4v) is 2.92. The number of aliphatic carboxylic acids is 1. The summed E-state index contributed by atoms with van der Waals surface area (Å²) in [6.07, 6.45) is -0.329. The van der Waals surface area contributed by atoms with Crippen LogP contribution in [-0.2, 0) is 9.53 Å². The molecule has 1 unspecified atom stereocenters. The highest BCUT2D eigenvalue weighted by molar-refractivity contribution is 7.08. The molecule has 0 bridgehead atoms. The van der Waals surface area contributed by atoms with Gasteiger partial charge in [-0.15, -0.1) is 0 Å². The third kappa shape index (κ3) is 5.19. The zero-order valence-corrected chi connectivity index (χ0v) is 14.4. The van der Waals surface area contributed by atoms with E-state index in [2.05, 4.69) is 5.43 Å². The number of hydrazine groups is 1. The van der Waals surface area contributed by atoms with Gasteiger partial charge in [-0.05, 0) is 43.2 Å². The van der Waals surface area contributed by atoms with E-state index in [9.17, 15) is 14.7 Å². The minimum absolute atomic E-state index is 0.329. The van der Waals surface area contributed by atoms with Crippen molar-refractivity contribution in [3.8, 4) is 0 Å². The van der Waals surface area contributed by atoms with Crippen molar-refractivity contribution >= 4 is 23.4 Å². The van der Waals surface area contributed by atoms with E-state index in [4.69, 9.17) is 4.74 Å². The minimum atomic E-state index is -0.919. The van der Waals surface area contributed by atoms with Crippen LogP contribution >= 0.6 is 11.3 Å². The van der Waals surface area contributed by atoms with Crippen LogP contribution in [0.5, 0.6) is 0 Å². The molecule has 8 heteroatoms. The van der Waals surface area contributed by atoms with Crippen molar-refractivity contribution in [1.29, 1.82) is 0 Å². The van der Waals surface area contributed by atoms with Gasteiger partial charge in [0.1, 0.15) is 11.6 Å². The number of nitrogens with zero attached hydrogens (tertiary/aromatic N) is 2. The Morgan fingerprint density at radius 1 is 1.30 bits per heavy atom. The van der Waals surface area contributed by atoms with E-state index in [1.807, 2.05) is 36.5 Å². The second kappa shape index (κ2) is 7.29. The van der Waals surface area contributed by atoms with Crippen molar-refractivity contribution in [1.82, 2.24) is 15.3 Å². The summed E-state index contributed by atoms with van der Waals surface area (Å²) >= 11 is 1.47. The van der Waals surface area contributed by atoms with Crippen molar-refractivity contribution in [2.75, 3.05) is 26.2 Å². The van der Waals surface area contributed by atoms with Crippen LogP contribution in [-0.4, -0.2) is 58.9 Å². The quantitative estimate of drug-likeness (QED) is 0.871. The lowest BCUT2D eigenvalue weighted by molar-refractivity contribution is -0.141. The molecule has 1 aromatic heterocycles. The predicted octanol–water partition coefficient (Wildman–Crippen LogP) is 1.93. The van der Waals surface area contributed by atoms with Crippen LogP contribution in [0.25, 0.3) is 0 Å². The van der Waals surface area contributed by atoms with Crippen LogP contribution in [0.1, 0.15) is 32.4 Å². The average Bonchev–Trinajstić information content (AvgIpc) is 2.97. The number of piperazine rings is 1. The van der Waals surface area contributed by atoms with Crippen molar-refractivity contribution in [3.05, 3.63) is 22.4 Å². The lowest BCUT2D eigenvalue weighted by Crippen LogP contribution is -2.55. The maximum Gasteiger partial charge on any atom is 0.410 e. The fraction of sp³-hybridized carbons (Fsp3) is 0.600. The molecule has 128 valence electrons. The van der Waals surface area contributed by atoms with Crippen molar-refractivity contribution in [2.45, 2.75) is 32.4 Å². The van der Waals surface area contributed by atoms with E-state index in [0.717, 1.165) is 5.56 Å². The SMILES string of the molecule is CC(C)(C)OC(=O)N1CCN(NC(C(=O)O)c2ccsc2)CC1. The summed E-state index contributed by atoms with van der Waals surface area (Å²) in [5.41, 5.74) is 3.25. The highest BCUT2D eigenvalue weighted by Gasteiger charge is 2.28. The van der Waals surface area contributed by atoms with E-state index < -0.39 is 17.6 Å². The van der Waals surface area contributed by atoms with Crippen LogP contribution in [0.2, 0.25) is 0 Å². The normalized spacial score (nSPS) is 17.8. The molecule has 2 N–H and O–H groups in total. The first-order valence-corrected chi connectivity index (χ1v) is 8.44. The summed E-state index contributed by atoms with van der Waals surface area (Å²) in [5, 5.41) is 14.9. The zero-order valence-electron chi connectivity index (χ0n) is 13.6. The third-order valence-electron chi connectivity index (χ3n) is 3.37. The van der Waals surface area contributed by atoms with E-state index in [0.29, 0.717) is 26.2 Å². The lowest BCUT2D eigenvalue weighted by atomic mass is 10.1. The molecule has 0 saturated carbocycles. The Bertz CT molecular complexity index is 533. The Hall–Kier alpha value is -1.64. The number of rotatable bonds is 4. The number of carbonyl (C=O) groups is 2. The van der Waals surface area contributed by atoms with Crippen molar-refractivity contribution < 1.29 is 19.4 Å². The van der Waals surface area contributed by atoms with Crippen LogP contribution in [0, 0.1) is 0 Å². The maximum atomic E-state index is 12.0. The Morgan fingerprint density at radius 2 is 1.96 bits per heavy atom. The van der Waals surface area contributed by atoms with Gasteiger partial charge >= 0.3 is 12.1 Å². The molecule has 2 rings (SSSR count). The molecule has 7 nitrogen and oxygen atoms in total. The number of carboxylic acids is 1. The number of amides is 1. The van der Waals surface area contributed by atoms with Gasteiger partial charge in [0.25, 0.3) is 0 Å². The van der Waals surface area contributed by atoms with Gasteiger partial charge in [0.2, 0.25) is 0 Å². The lowest BCUT2D eigenvalue weighted by Gasteiger charge is -2.36. The van der Waals surface area contributed by atoms with E-state index >= 15 is 0 Å². The van der Waals surface area contributed by atoms with Crippen LogP contribution < -0.4 is 5.43 Å². The summed E-state index contributed by atoms with van der Waals surface area (Å²) in [6.45, 7) is 7.60. The van der Waals surface area contributed by atoms with Gasteiger partial charge in [0.15, 0.2) is 0 Å². The van der Waals surface area contributed by atoms with Gasteiger partial charge in [-0.2, -0.15) is 11.3 Å². The minimum Gasteiger partial charge on any atom is -0.480 e. The molecular formula is C15H23N3O4S. The van der Waals surface area contributed by atoms with Crippen LogP contribution in [0.4, 0.5) is 4.79 Å². The highest BCUT2D eigenvalue weighted by Crippen LogP contribution is 2.18. The number of carbonyl (C=O) groups excluding carboxylic acids is 1. The molecule has 1 aliphatic rings. The van der Waals surface area contributed by atoms with Crippen LogP contribution in [0.15, 0.2) is 16.8 Å². The topological polar surface area (TPSA) is 82.1 Å². The fourth-order valence-electron chi connectivity index (χ4n) is 2.24. The monoisotopic (exact) mass is 341 g/mol. The average molecular weight is 341 g/mol. The standard InChI is InChI=1S/C15H23N3O4S/c1-15(2,3)22-14(21)17-5-7-18(8-6-17)16-12(13(19)20)11-4-9-23-10-11/h4,9-10,12,16H,5-8H2,1-3H3,(H,19,20). The smallest absolute Gasteiger partial charge is 0.410 e. The van der Waals surface area contributed by atoms with Gasteiger partial charge in [-0.1, -0.05) is 0 Å². The van der Waals surface area contributed by atoms with E-state index in [-0.39, 0.29) is 6.09 Å². The molecule has 1 amide bonds. The van der Waals surface area contributed by atoms with Crippen molar-refractivity contribution in [3.63, 3.8) is 0 Å². The molecule has 0 radical (unpaired) electrons. The number of hydrogen-bond donors (Lipinski definition) is 2. The molecule has 1 aromatic rings. The number of nitrogens with one attached hydrogen (secondary N) is 1. The molecule has 0 spiro atoms. The van der Waals surface area contributed by atoms with Crippen molar-refractivity contribution in [2.24, 2.45) is 0 Å². The maximum absolute atomic E-state index is 12.0. The summed E-state index contributed by atoms with van der Waals surface area (Å²) in [7, 11) is 0. The van der Waals surface area contributed by atoms with Gasteiger partial charge in [-0.3, -0.25) is 4.79 Å². The predicted molar refractivity (Wildman–Crippen MR) is 87.2 cm³/mol. The first kappa shape index (κ1) is 17.7. The molecule has 2 heterocycles. The van der Waals surface area contributed by atoms with Gasteiger partial charge < -0.3 is 14.7 Å². The molecule has 23 heavy (non-hydrogen) atoms. The van der Waals surface area contributed by atoms with Gasteiger partial charge in [0, 0.05) is 26.2 Å². The van der Waals surface area contributed by atoms with Gasteiger partial charge in [-0.25, -0.2) is 15.2 Å². The summed E-state index contributed by atoms with van der Waals surface area (Å²) in [4.78, 5) is 25.1. The molecule has 0 aromatic carbocycles. The second-order valence-electron chi connectivity index (χ2n) is 6.41. The molecular weight excluding hydrogens is 318 g/mol. The molecule has 1 atom stereocenters. The summed E-state index contributed by atoms with van der Waals surface area (Å²) in [5.74, 6) is -0.919. The van der Waals surface area contributed by atoms with Crippen LogP contribution in [0.3, 0.4) is 0 Å². The number of hydrogen-bond acceptors (Lipinski definition) is 6. The first-order chi connectivity index (χ1) is 10.8. The first-order valence-electron chi connectivity index (χ1n) is 7.50. The number of ether oxygens (including phenoxy) is 1. The summed E-state index contributed by atoms with van der Waals surface area (Å²) in [6, 6.07) is 1.03. The second-order valence-corrected chi connectivity index (χ2v) is 7.19. The van der Waals surface area contributed by atoms with E-state index in [1.165, 1.54) is 11.3 Å². The Kier molecular flexibility index (Phi) is 5.61. The largest absolute Gasteiger partial charge is 0.480 e. The molecule has 1 aliphatic heterocycles. The number of thiophene rings is 1. The molecule has 1 fully saturated rings. The molecule has 1 saturated heterocycles. The molecule has 0 aliphatic carbocycles. The Labute approximate surface area is 139 Å². The van der Waals surface area contributed by atoms with E-state index in [1.54, 1.807) is 11.0 Å². The van der Waals surface area contributed by atoms with Gasteiger partial charge in [0.05, 0.1) is 0 Å². The Balaban J connectivity index is 1.86. The third-order valence-corrected chi connectivity index (χ3v) is 4.07. The summed E-state index contributed by atoms with van der Waals surface area (Å²) < 4.78 is 5.35.